The van der Waals surface area contributed by atoms with Crippen LogP contribution in [-0.2, 0) is 0 Å². The van der Waals surface area contributed by atoms with Gasteiger partial charge in [-0.2, -0.15) is 0 Å². The molecule has 1 heteroatoms. The molecule has 0 spiro atoms. The standard InChI is InChI=1S/C16H15N/c1-11-9-12(2)15(10-11)14-7-3-5-13-6-4-8-17-16(13)14/h3-9H,10H2,1-2H3. The van der Waals surface area contributed by atoms with Gasteiger partial charge in [0.15, 0.2) is 0 Å². The van der Waals surface area contributed by atoms with Gasteiger partial charge in [-0.05, 0) is 37.5 Å². The first-order chi connectivity index (χ1) is 8.25. The largest absolute Gasteiger partial charge is 0.256 e. The molecule has 1 aliphatic carbocycles. The number of hydrogen-bond donors (Lipinski definition) is 0. The molecule has 0 unspecified atom stereocenters. The Hall–Kier alpha value is -1.89. The molecule has 0 saturated heterocycles. The molecule has 0 N–H and O–H groups in total. The molecule has 0 aliphatic heterocycles. The van der Waals surface area contributed by atoms with Crippen LogP contribution in [0.1, 0.15) is 25.8 Å². The molecule has 0 saturated carbocycles. The second kappa shape index (κ2) is 3.85. The molecule has 1 nitrogen and oxygen atoms in total. The normalized spacial score (nSPS) is 15.5. The van der Waals surface area contributed by atoms with Gasteiger partial charge in [0.2, 0.25) is 0 Å². The molecule has 1 aromatic heterocycles. The van der Waals surface area contributed by atoms with Crippen LogP contribution in [0.25, 0.3) is 16.5 Å². The molecule has 1 heterocycles. The summed E-state index contributed by atoms with van der Waals surface area (Å²) in [4.78, 5) is 4.53. The fraction of sp³-hybridized carbons (Fsp3) is 0.188. The monoisotopic (exact) mass is 221 g/mol. The van der Waals surface area contributed by atoms with E-state index in [0.717, 1.165) is 11.9 Å². The molecular formula is C16H15N. The summed E-state index contributed by atoms with van der Waals surface area (Å²) in [6.07, 6.45) is 5.20. The third-order valence-electron chi connectivity index (χ3n) is 3.35. The minimum atomic E-state index is 1.06. The minimum absolute atomic E-state index is 1.06. The number of para-hydroxylation sites is 1. The maximum absolute atomic E-state index is 4.53. The zero-order chi connectivity index (χ0) is 11.8. The van der Waals surface area contributed by atoms with Crippen LogP contribution in [0, 0.1) is 0 Å². The number of allylic oxidation sites excluding steroid dienone is 4. The number of benzene rings is 1. The first kappa shape index (κ1) is 10.3. The Morgan fingerprint density at radius 1 is 1.06 bits per heavy atom. The lowest BCUT2D eigenvalue weighted by Crippen LogP contribution is -1.89. The summed E-state index contributed by atoms with van der Waals surface area (Å²) >= 11 is 0. The van der Waals surface area contributed by atoms with Crippen molar-refractivity contribution in [2.75, 3.05) is 0 Å². The maximum atomic E-state index is 4.53. The van der Waals surface area contributed by atoms with Crippen LogP contribution in [0.2, 0.25) is 0 Å². The van der Waals surface area contributed by atoms with E-state index in [1.807, 2.05) is 12.3 Å². The Balaban J connectivity index is 2.23. The van der Waals surface area contributed by atoms with Crippen LogP contribution < -0.4 is 0 Å². The van der Waals surface area contributed by atoms with Crippen LogP contribution in [0.15, 0.2) is 53.8 Å². The highest BCUT2D eigenvalue weighted by atomic mass is 14.6. The summed E-state index contributed by atoms with van der Waals surface area (Å²) in [5.74, 6) is 0. The highest BCUT2D eigenvalue weighted by molar-refractivity contribution is 5.93. The summed E-state index contributed by atoms with van der Waals surface area (Å²) < 4.78 is 0. The molecule has 0 bridgehead atoms. The van der Waals surface area contributed by atoms with Gasteiger partial charge in [0.05, 0.1) is 5.52 Å². The van der Waals surface area contributed by atoms with Crippen molar-refractivity contribution in [1.29, 1.82) is 0 Å². The van der Waals surface area contributed by atoms with Gasteiger partial charge in [-0.3, -0.25) is 4.98 Å². The van der Waals surface area contributed by atoms with E-state index in [2.05, 4.69) is 49.2 Å². The topological polar surface area (TPSA) is 12.9 Å². The number of nitrogens with zero attached hydrogens (tertiary/aromatic N) is 1. The molecule has 3 rings (SSSR count). The molecular weight excluding hydrogens is 206 g/mol. The fourth-order valence-corrected chi connectivity index (χ4v) is 2.58. The molecule has 84 valence electrons. The lowest BCUT2D eigenvalue weighted by atomic mass is 9.98. The van der Waals surface area contributed by atoms with Gasteiger partial charge in [0.1, 0.15) is 0 Å². The van der Waals surface area contributed by atoms with E-state index in [1.165, 1.54) is 27.7 Å². The van der Waals surface area contributed by atoms with Crippen molar-refractivity contribution in [3.05, 3.63) is 59.3 Å². The van der Waals surface area contributed by atoms with E-state index in [9.17, 15) is 0 Å². The quantitative estimate of drug-likeness (QED) is 0.697. The Labute approximate surface area is 102 Å². The van der Waals surface area contributed by atoms with Crippen molar-refractivity contribution < 1.29 is 0 Å². The second-order valence-corrected chi connectivity index (χ2v) is 4.71. The zero-order valence-corrected chi connectivity index (χ0v) is 10.2. The summed E-state index contributed by atoms with van der Waals surface area (Å²) in [6, 6.07) is 10.5. The van der Waals surface area contributed by atoms with Crippen molar-refractivity contribution >= 4 is 16.5 Å². The molecule has 2 aromatic rings. The average Bonchev–Trinajstić information content (AvgIpc) is 2.68. The van der Waals surface area contributed by atoms with Crippen molar-refractivity contribution in [3.63, 3.8) is 0 Å². The van der Waals surface area contributed by atoms with E-state index < -0.39 is 0 Å². The van der Waals surface area contributed by atoms with Gasteiger partial charge >= 0.3 is 0 Å². The first-order valence-electron chi connectivity index (χ1n) is 5.97. The van der Waals surface area contributed by atoms with Gasteiger partial charge in [-0.15, -0.1) is 0 Å². The second-order valence-electron chi connectivity index (χ2n) is 4.71. The average molecular weight is 221 g/mol. The first-order valence-corrected chi connectivity index (χ1v) is 5.97. The van der Waals surface area contributed by atoms with E-state index in [-0.39, 0.29) is 0 Å². The van der Waals surface area contributed by atoms with Crippen molar-refractivity contribution in [1.82, 2.24) is 4.98 Å². The zero-order valence-electron chi connectivity index (χ0n) is 10.2. The van der Waals surface area contributed by atoms with Gasteiger partial charge in [-0.25, -0.2) is 0 Å². The summed E-state index contributed by atoms with van der Waals surface area (Å²) in [5.41, 5.74) is 6.64. The molecule has 1 aromatic carbocycles. The minimum Gasteiger partial charge on any atom is -0.256 e. The van der Waals surface area contributed by atoms with E-state index in [4.69, 9.17) is 0 Å². The van der Waals surface area contributed by atoms with Gasteiger partial charge in [0.25, 0.3) is 0 Å². The van der Waals surface area contributed by atoms with Crippen LogP contribution in [0.4, 0.5) is 0 Å². The number of rotatable bonds is 1. The van der Waals surface area contributed by atoms with E-state index in [0.29, 0.717) is 0 Å². The smallest absolute Gasteiger partial charge is 0.0777 e. The van der Waals surface area contributed by atoms with E-state index in [1.54, 1.807) is 0 Å². The maximum Gasteiger partial charge on any atom is 0.0777 e. The summed E-state index contributed by atoms with van der Waals surface area (Å²) in [7, 11) is 0. The van der Waals surface area contributed by atoms with Gasteiger partial charge < -0.3 is 0 Å². The number of fused-ring (bicyclic) bond motifs is 1. The lowest BCUT2D eigenvalue weighted by molar-refractivity contribution is 1.26. The van der Waals surface area contributed by atoms with Crippen LogP contribution >= 0.6 is 0 Å². The van der Waals surface area contributed by atoms with Crippen molar-refractivity contribution in [2.24, 2.45) is 0 Å². The Kier molecular flexibility index (Phi) is 2.32. The molecule has 0 radical (unpaired) electrons. The third-order valence-corrected chi connectivity index (χ3v) is 3.35. The lowest BCUT2D eigenvalue weighted by Gasteiger charge is -2.08. The predicted molar refractivity (Wildman–Crippen MR) is 72.7 cm³/mol. The SMILES string of the molecule is CC1=CC(C)=C(c2cccc3cccnc23)C1. The summed E-state index contributed by atoms with van der Waals surface area (Å²) in [5, 5.41) is 1.22. The molecule has 0 fully saturated rings. The van der Waals surface area contributed by atoms with Crippen molar-refractivity contribution in [3.8, 4) is 0 Å². The molecule has 1 aliphatic rings. The Morgan fingerprint density at radius 2 is 1.88 bits per heavy atom. The number of pyridine rings is 1. The number of hydrogen-bond acceptors (Lipinski definition) is 1. The van der Waals surface area contributed by atoms with Gasteiger partial charge in [-0.1, -0.05) is 35.9 Å². The van der Waals surface area contributed by atoms with Gasteiger partial charge in [0, 0.05) is 17.1 Å². The molecule has 0 atom stereocenters. The third kappa shape index (κ3) is 1.68. The molecule has 17 heavy (non-hydrogen) atoms. The Bertz CT molecular complexity index is 642. The van der Waals surface area contributed by atoms with Crippen LogP contribution in [0.3, 0.4) is 0 Å². The Morgan fingerprint density at radius 3 is 2.65 bits per heavy atom. The predicted octanol–water partition coefficient (Wildman–Crippen LogP) is 4.36. The van der Waals surface area contributed by atoms with E-state index >= 15 is 0 Å². The van der Waals surface area contributed by atoms with Crippen LogP contribution in [0.5, 0.6) is 0 Å². The molecule has 0 amide bonds. The highest BCUT2D eigenvalue weighted by Crippen LogP contribution is 2.35. The number of aromatic nitrogens is 1. The van der Waals surface area contributed by atoms with Crippen LogP contribution in [-0.4, -0.2) is 4.98 Å². The highest BCUT2D eigenvalue weighted by Gasteiger charge is 2.14. The summed E-state index contributed by atoms with van der Waals surface area (Å²) in [6.45, 7) is 4.38. The van der Waals surface area contributed by atoms with Crippen molar-refractivity contribution in [2.45, 2.75) is 20.3 Å². The fourth-order valence-electron chi connectivity index (χ4n) is 2.58.